The molecule has 2 aliphatic carbocycles. The molecule has 524 valence electrons. The van der Waals surface area contributed by atoms with Gasteiger partial charge >= 0.3 is 23.4 Å². The molecule has 5 heterocycles. The van der Waals surface area contributed by atoms with E-state index in [4.69, 9.17) is 13.6 Å². The van der Waals surface area contributed by atoms with E-state index in [2.05, 4.69) is 184 Å². The Balaban J connectivity index is 0.000000165. The van der Waals surface area contributed by atoms with E-state index in [-0.39, 0.29) is 57.3 Å². The lowest BCUT2D eigenvalue weighted by molar-refractivity contribution is -0.0544. The molecule has 98 heavy (non-hydrogen) atoms. The Bertz CT molecular complexity index is 3950. The Kier molecular flexibility index (Phi) is 22.7. The summed E-state index contributed by atoms with van der Waals surface area (Å²) in [5.41, 5.74) is 1.77. The molecule has 2 amide bonds. The van der Waals surface area contributed by atoms with Gasteiger partial charge in [0.2, 0.25) is 0 Å². The quantitative estimate of drug-likeness (QED) is 0.0537. The summed E-state index contributed by atoms with van der Waals surface area (Å²) in [6.07, 6.45) is 12.1. The second-order valence-corrected chi connectivity index (χ2v) is 39.6. The highest BCUT2D eigenvalue weighted by Crippen LogP contribution is 2.46. The van der Waals surface area contributed by atoms with Crippen LogP contribution < -0.4 is 48.1 Å². The summed E-state index contributed by atoms with van der Waals surface area (Å²) in [6, 6.07) is 57.7. The fraction of sp³-hybridized carbons (Fsp3) is 0.500. The number of hydrogen-bond donors (Lipinski definition) is 4. The zero-order valence-corrected chi connectivity index (χ0v) is 61.8. The second kappa shape index (κ2) is 30.9. The number of carbonyl (C=O) groups excluding carboxylic acids is 2. The van der Waals surface area contributed by atoms with Crippen molar-refractivity contribution in [3.8, 4) is 0 Å². The zero-order valence-electron chi connectivity index (χ0n) is 59.8. The van der Waals surface area contributed by atoms with Gasteiger partial charge in [-0.25, -0.2) is 28.3 Å². The van der Waals surface area contributed by atoms with Crippen LogP contribution in [0.15, 0.2) is 179 Å². The summed E-state index contributed by atoms with van der Waals surface area (Å²) < 4.78 is 26.2. The van der Waals surface area contributed by atoms with E-state index in [1.807, 2.05) is 76.2 Å². The summed E-state index contributed by atoms with van der Waals surface area (Å²) in [5.74, 6) is 0.814. The minimum Gasteiger partial charge on any atom is -0.404 e. The van der Waals surface area contributed by atoms with E-state index < -0.39 is 22.2 Å². The van der Waals surface area contributed by atoms with Crippen molar-refractivity contribution in [2.75, 3.05) is 52.4 Å². The number of ether oxygens (including phenoxy) is 1. The molecule has 0 atom stereocenters. The lowest BCUT2D eigenvalue weighted by atomic mass is 9.82. The van der Waals surface area contributed by atoms with Gasteiger partial charge in [-0.1, -0.05) is 187 Å². The van der Waals surface area contributed by atoms with E-state index in [0.29, 0.717) is 48.6 Å². The van der Waals surface area contributed by atoms with Crippen molar-refractivity contribution in [1.29, 1.82) is 0 Å². The van der Waals surface area contributed by atoms with Gasteiger partial charge in [-0.3, -0.25) is 9.13 Å². The minimum atomic E-state index is -2.63. The van der Waals surface area contributed by atoms with Crippen molar-refractivity contribution < 1.29 is 28.3 Å². The van der Waals surface area contributed by atoms with Crippen LogP contribution in [0.1, 0.15) is 158 Å². The molecule has 2 saturated carbocycles. The first-order chi connectivity index (χ1) is 47.0. The van der Waals surface area contributed by atoms with Gasteiger partial charge in [0.25, 0.3) is 16.6 Å². The van der Waals surface area contributed by atoms with Gasteiger partial charge in [-0.05, 0) is 198 Å². The maximum Gasteiger partial charge on any atom is 0.337 e. The standard InChI is InChI=1S/C40H54N4O4Si.C23H30O2Si.C17H24N4O2/c1-30(2)43-35-18-12-13-19-36(35)44(38(43)46)37(45)41-28-31-22-26-42(27-23-31)29-40(47)24-20-32(21-25-40)48-49(39(3,4)5,33-14-8-6-9-15-33)34-16-10-7-11-17-34;1-22(2,3)26(20-10-6-4-7-11-20,21-12-8-5-9-13-21)25-19-14-16-23(17-15-19)18-24-23;1-12(2)20-14-5-3-4-6-15(14)21(17(20)23)16(22)19-11-13-7-9-18-10-8-13/h6-19,30-32,47H,20-29H2,1-5H3,(H,41,45);4-13,19H,14-18H2,1-3H3;3-6,12-13,18H,7-11H2,1-2H3,(H,19,22). The van der Waals surface area contributed by atoms with Crippen LogP contribution in [0.2, 0.25) is 10.1 Å². The van der Waals surface area contributed by atoms with Gasteiger partial charge in [0.05, 0.1) is 39.9 Å². The Labute approximate surface area is 582 Å². The topological polar surface area (TPSA) is 179 Å². The molecule has 13 rings (SSSR count). The number of rotatable bonds is 16. The number of aliphatic hydroxyl groups is 1. The molecule has 1 spiro atoms. The molecule has 18 heteroatoms. The molecule has 0 unspecified atom stereocenters. The fourth-order valence-corrected chi connectivity index (χ4v) is 25.6. The first-order valence-corrected chi connectivity index (χ1v) is 40.2. The SMILES string of the molecule is CC(C)(C)[Si](OC1CCC2(CC1)CO2)(c1ccccc1)c1ccccc1.CC(C)n1c(=O)n(C(=O)NCC2CCN(CC3(O)CCC(O[Si](c4ccccc4)(c4ccccc4)C(C)(C)C)CC3)CC2)c2ccccc21.CC(C)n1c(=O)n(C(=O)NCC2CCNCC2)c2ccccc21. The lowest BCUT2D eigenvalue weighted by Gasteiger charge is -2.48. The number of nitrogens with zero attached hydrogens (tertiary/aromatic N) is 5. The van der Waals surface area contributed by atoms with Crippen LogP contribution in [-0.2, 0) is 13.6 Å². The molecule has 3 saturated heterocycles. The number of piperidine rings is 2. The summed E-state index contributed by atoms with van der Waals surface area (Å²) in [7, 11) is -5.04. The summed E-state index contributed by atoms with van der Waals surface area (Å²) in [5, 5.41) is 26.4. The number of likely N-dealkylation sites (tertiary alicyclic amines) is 1. The number of fused-ring (bicyclic) bond motifs is 2. The molecule has 8 aromatic rings. The Morgan fingerprint density at radius 3 is 1.17 bits per heavy atom. The highest BCUT2D eigenvalue weighted by molar-refractivity contribution is 7.00. The number of carbonyl (C=O) groups is 2. The Morgan fingerprint density at radius 1 is 0.510 bits per heavy atom. The average molecular weight is 1370 g/mol. The Morgan fingerprint density at radius 2 is 0.837 bits per heavy atom. The Hall–Kier alpha value is -7.01. The predicted molar refractivity (Wildman–Crippen MR) is 401 cm³/mol. The number of β-amino-alcohol motifs (C(OH)–C–C–N with tert-alkyl or cyclic N) is 1. The van der Waals surface area contributed by atoms with Gasteiger partial charge < -0.3 is 39.5 Å². The van der Waals surface area contributed by atoms with Gasteiger partial charge in [0, 0.05) is 43.9 Å². The molecular formula is C80H108N8O8Si2. The molecule has 5 fully saturated rings. The maximum absolute atomic E-state index is 13.2. The lowest BCUT2D eigenvalue weighted by Crippen LogP contribution is -2.68. The molecule has 0 radical (unpaired) electrons. The van der Waals surface area contributed by atoms with Gasteiger partial charge in [-0.15, -0.1) is 0 Å². The van der Waals surface area contributed by atoms with Crippen LogP contribution in [-0.4, -0.2) is 133 Å². The van der Waals surface area contributed by atoms with Crippen LogP contribution >= 0.6 is 0 Å². The third-order valence-electron chi connectivity index (χ3n) is 21.5. The number of nitrogens with one attached hydrogen (secondary N) is 3. The van der Waals surface area contributed by atoms with E-state index in [0.717, 1.165) is 121 Å². The summed E-state index contributed by atoms with van der Waals surface area (Å²) in [6.45, 7) is 28.4. The number of aromatic nitrogens is 4. The number of imidazole rings is 2. The van der Waals surface area contributed by atoms with Crippen LogP contribution in [0.4, 0.5) is 9.59 Å². The molecule has 5 aliphatic rings. The smallest absolute Gasteiger partial charge is 0.337 e. The average Bonchev–Trinajstić information content (AvgIpc) is 1.17. The number of para-hydroxylation sites is 4. The van der Waals surface area contributed by atoms with Crippen LogP contribution in [0.3, 0.4) is 0 Å². The van der Waals surface area contributed by atoms with Crippen molar-refractivity contribution in [1.82, 2.24) is 39.1 Å². The number of benzene rings is 6. The minimum absolute atomic E-state index is 0.00543. The third kappa shape index (κ3) is 15.8. The summed E-state index contributed by atoms with van der Waals surface area (Å²) in [4.78, 5) is 54.1. The highest BCUT2D eigenvalue weighted by atomic mass is 28.4. The van der Waals surface area contributed by atoms with E-state index in [9.17, 15) is 24.3 Å². The van der Waals surface area contributed by atoms with Crippen molar-refractivity contribution in [3.63, 3.8) is 0 Å². The molecule has 6 aromatic carbocycles. The molecule has 16 nitrogen and oxygen atoms in total. The van der Waals surface area contributed by atoms with Crippen molar-refractivity contribution in [2.45, 2.75) is 192 Å². The number of epoxide rings is 1. The first-order valence-electron chi connectivity index (χ1n) is 36.3. The molecule has 2 aromatic heterocycles. The highest BCUT2D eigenvalue weighted by Gasteiger charge is 2.55. The van der Waals surface area contributed by atoms with Gasteiger partial charge in [0.15, 0.2) is 0 Å². The maximum atomic E-state index is 13.2. The second-order valence-electron chi connectivity index (χ2n) is 31.1. The van der Waals surface area contributed by atoms with Gasteiger partial charge in [0.1, 0.15) is 0 Å². The first kappa shape index (κ1) is 72.3. The van der Waals surface area contributed by atoms with Gasteiger partial charge in [-0.2, -0.15) is 0 Å². The normalized spacial score (nSPS) is 21.4. The molecule has 4 N–H and O–H groups in total. The fourth-order valence-electron chi connectivity index (χ4n) is 16.1. The molecular weight excluding hydrogens is 1260 g/mol. The number of hydrogen-bond acceptors (Lipinski definition) is 10. The van der Waals surface area contributed by atoms with E-state index in [1.165, 1.54) is 29.9 Å². The van der Waals surface area contributed by atoms with Crippen molar-refractivity contribution in [2.24, 2.45) is 11.8 Å². The summed E-state index contributed by atoms with van der Waals surface area (Å²) >= 11 is 0. The monoisotopic (exact) mass is 1360 g/mol. The van der Waals surface area contributed by atoms with Crippen molar-refractivity contribution >= 4 is 71.5 Å². The molecule has 0 bridgehead atoms. The largest absolute Gasteiger partial charge is 0.404 e. The van der Waals surface area contributed by atoms with Crippen molar-refractivity contribution in [3.05, 3.63) is 191 Å². The number of amides is 2. The van der Waals surface area contributed by atoms with Crippen LogP contribution in [0.5, 0.6) is 0 Å². The predicted octanol–water partition coefficient (Wildman–Crippen LogP) is 12.1. The van der Waals surface area contributed by atoms with Crippen LogP contribution in [0.25, 0.3) is 22.1 Å². The van der Waals surface area contributed by atoms with Crippen LogP contribution in [0, 0.1) is 11.8 Å². The van der Waals surface area contributed by atoms with E-state index >= 15 is 0 Å². The van der Waals surface area contributed by atoms with E-state index in [1.54, 1.807) is 9.13 Å². The molecule has 3 aliphatic heterocycles. The zero-order chi connectivity index (χ0) is 69.5. The third-order valence-corrected chi connectivity index (χ3v) is 31.7.